The maximum Gasteiger partial charge on any atom is 0.236 e. The van der Waals surface area contributed by atoms with Crippen molar-refractivity contribution in [1.29, 1.82) is 0 Å². The Morgan fingerprint density at radius 2 is 2.22 bits per heavy atom. The van der Waals surface area contributed by atoms with Gasteiger partial charge in [-0.15, -0.1) is 22.7 Å². The average Bonchev–Trinajstić information content (AvgIpc) is 2.95. The maximum absolute atomic E-state index is 11.5. The fraction of sp³-hybridized carbons (Fsp3) is 0.182. The molecule has 0 aliphatic rings. The van der Waals surface area contributed by atoms with Crippen molar-refractivity contribution in [2.24, 2.45) is 5.73 Å². The third-order valence-corrected chi connectivity index (χ3v) is 4.02. The minimum atomic E-state index is -0.555. The molecule has 2 amide bonds. The predicted molar refractivity (Wildman–Crippen MR) is 71.3 cm³/mol. The number of nitrogens with one attached hydrogen (secondary N) is 1. The first-order valence-corrected chi connectivity index (χ1v) is 6.94. The molecule has 7 heteroatoms. The van der Waals surface area contributed by atoms with Crippen molar-refractivity contribution in [2.45, 2.75) is 6.42 Å². The number of amides is 2. The van der Waals surface area contributed by atoms with Gasteiger partial charge in [0.25, 0.3) is 0 Å². The first-order valence-electron chi connectivity index (χ1n) is 5.18. The first kappa shape index (κ1) is 12.7. The number of thiophene rings is 1. The molecule has 0 fully saturated rings. The average molecular weight is 281 g/mol. The minimum absolute atomic E-state index is 0.138. The SMILES string of the molecule is NC(=O)CNC(=O)Cc1csc(-c2cccs2)n1. The highest BCUT2D eigenvalue weighted by atomic mass is 32.1. The molecular formula is C11H11N3O2S2. The van der Waals surface area contributed by atoms with Crippen molar-refractivity contribution in [2.75, 3.05) is 6.54 Å². The Bertz CT molecular complexity index is 548. The molecule has 0 aromatic carbocycles. The zero-order chi connectivity index (χ0) is 13.0. The van der Waals surface area contributed by atoms with Crippen LogP contribution in [0.2, 0.25) is 0 Å². The van der Waals surface area contributed by atoms with Gasteiger partial charge in [-0.3, -0.25) is 9.59 Å². The highest BCUT2D eigenvalue weighted by molar-refractivity contribution is 7.20. The van der Waals surface area contributed by atoms with E-state index < -0.39 is 5.91 Å². The molecule has 0 saturated carbocycles. The summed E-state index contributed by atoms with van der Waals surface area (Å²) >= 11 is 3.11. The van der Waals surface area contributed by atoms with Gasteiger partial charge in [0.05, 0.1) is 23.5 Å². The van der Waals surface area contributed by atoms with Crippen molar-refractivity contribution in [3.05, 3.63) is 28.6 Å². The van der Waals surface area contributed by atoms with Gasteiger partial charge >= 0.3 is 0 Å². The number of hydrogen-bond donors (Lipinski definition) is 2. The predicted octanol–water partition coefficient (Wildman–Crippen LogP) is 1.02. The van der Waals surface area contributed by atoms with E-state index in [2.05, 4.69) is 10.3 Å². The number of hydrogen-bond acceptors (Lipinski definition) is 5. The molecule has 0 aliphatic carbocycles. The normalized spacial score (nSPS) is 10.2. The molecule has 0 atom stereocenters. The summed E-state index contributed by atoms with van der Waals surface area (Å²) in [6.07, 6.45) is 0.162. The van der Waals surface area contributed by atoms with Gasteiger partial charge in [-0.1, -0.05) is 6.07 Å². The molecule has 5 nitrogen and oxygen atoms in total. The van der Waals surface area contributed by atoms with Crippen LogP contribution in [0.15, 0.2) is 22.9 Å². The molecule has 18 heavy (non-hydrogen) atoms. The lowest BCUT2D eigenvalue weighted by atomic mass is 10.3. The summed E-state index contributed by atoms with van der Waals surface area (Å²) in [6.45, 7) is -0.138. The molecule has 2 rings (SSSR count). The van der Waals surface area contributed by atoms with E-state index in [-0.39, 0.29) is 18.9 Å². The monoisotopic (exact) mass is 281 g/mol. The molecule has 94 valence electrons. The van der Waals surface area contributed by atoms with E-state index in [4.69, 9.17) is 5.73 Å². The second kappa shape index (κ2) is 5.74. The van der Waals surface area contributed by atoms with Crippen LogP contribution >= 0.6 is 22.7 Å². The Morgan fingerprint density at radius 1 is 1.39 bits per heavy atom. The van der Waals surface area contributed by atoms with Crippen molar-refractivity contribution in [1.82, 2.24) is 10.3 Å². The fourth-order valence-electron chi connectivity index (χ4n) is 1.31. The highest BCUT2D eigenvalue weighted by Gasteiger charge is 2.09. The number of rotatable bonds is 5. The number of primary amides is 1. The molecule has 0 aliphatic heterocycles. The van der Waals surface area contributed by atoms with Crippen LogP contribution in [-0.4, -0.2) is 23.3 Å². The summed E-state index contributed by atoms with van der Waals surface area (Å²) in [7, 11) is 0. The standard InChI is InChI=1S/C11H11N3O2S2/c12-9(15)5-13-10(16)4-7-6-18-11(14-7)8-2-1-3-17-8/h1-3,6H,4-5H2,(H2,12,15)(H,13,16). The van der Waals surface area contributed by atoms with Crippen molar-refractivity contribution in [3.63, 3.8) is 0 Å². The number of aromatic nitrogens is 1. The molecule has 2 aromatic rings. The Balaban J connectivity index is 1.95. The maximum atomic E-state index is 11.5. The summed E-state index contributed by atoms with van der Waals surface area (Å²) < 4.78 is 0. The molecule has 0 spiro atoms. The van der Waals surface area contributed by atoms with Crippen LogP contribution in [-0.2, 0) is 16.0 Å². The summed E-state index contributed by atoms with van der Waals surface area (Å²) in [6, 6.07) is 3.95. The van der Waals surface area contributed by atoms with Crippen LogP contribution in [0, 0.1) is 0 Å². The van der Waals surface area contributed by atoms with E-state index in [1.165, 1.54) is 11.3 Å². The van der Waals surface area contributed by atoms with Gasteiger partial charge in [0.15, 0.2) is 0 Å². The summed E-state index contributed by atoms with van der Waals surface area (Å²) in [5.74, 6) is -0.808. The van der Waals surface area contributed by atoms with Crippen molar-refractivity contribution < 1.29 is 9.59 Å². The van der Waals surface area contributed by atoms with Crippen LogP contribution in [0.4, 0.5) is 0 Å². The smallest absolute Gasteiger partial charge is 0.236 e. The Labute approximate surface area is 112 Å². The van der Waals surface area contributed by atoms with Gasteiger partial charge < -0.3 is 11.1 Å². The molecule has 0 radical (unpaired) electrons. The third-order valence-electron chi connectivity index (χ3n) is 2.09. The van der Waals surface area contributed by atoms with E-state index in [1.807, 2.05) is 22.9 Å². The summed E-state index contributed by atoms with van der Waals surface area (Å²) in [5, 5.41) is 7.16. The van der Waals surface area contributed by atoms with Crippen molar-refractivity contribution >= 4 is 34.5 Å². The number of thiazole rings is 1. The largest absolute Gasteiger partial charge is 0.368 e. The van der Waals surface area contributed by atoms with Gasteiger partial charge in [0, 0.05) is 5.38 Å². The van der Waals surface area contributed by atoms with Crippen LogP contribution in [0.3, 0.4) is 0 Å². The number of nitrogens with zero attached hydrogens (tertiary/aromatic N) is 1. The number of nitrogens with two attached hydrogens (primary N) is 1. The molecule has 3 N–H and O–H groups in total. The lowest BCUT2D eigenvalue weighted by Gasteiger charge is -1.99. The molecule has 2 aromatic heterocycles. The van der Waals surface area contributed by atoms with Crippen molar-refractivity contribution in [3.8, 4) is 9.88 Å². The molecule has 0 unspecified atom stereocenters. The minimum Gasteiger partial charge on any atom is -0.368 e. The quantitative estimate of drug-likeness (QED) is 0.858. The summed E-state index contributed by atoms with van der Waals surface area (Å²) in [4.78, 5) is 27.4. The second-order valence-corrected chi connectivity index (χ2v) is 5.35. The number of carbonyl (C=O) groups excluding carboxylic acids is 2. The Morgan fingerprint density at radius 3 is 2.89 bits per heavy atom. The van der Waals surface area contributed by atoms with Crippen LogP contribution in [0.25, 0.3) is 9.88 Å². The zero-order valence-corrected chi connectivity index (χ0v) is 11.0. The van der Waals surface area contributed by atoms with Crippen LogP contribution < -0.4 is 11.1 Å². The molecule has 2 heterocycles. The van der Waals surface area contributed by atoms with Crippen LogP contribution in [0.1, 0.15) is 5.69 Å². The Kier molecular flexibility index (Phi) is 4.06. The Hall–Kier alpha value is -1.73. The zero-order valence-electron chi connectivity index (χ0n) is 9.38. The lowest BCUT2D eigenvalue weighted by molar-refractivity contribution is -0.124. The third kappa shape index (κ3) is 3.38. The van der Waals surface area contributed by atoms with E-state index in [1.54, 1.807) is 11.3 Å². The highest BCUT2D eigenvalue weighted by Crippen LogP contribution is 2.27. The van der Waals surface area contributed by atoms with E-state index in [0.717, 1.165) is 9.88 Å². The molecule has 0 bridgehead atoms. The first-order chi connectivity index (χ1) is 8.65. The fourth-order valence-corrected chi connectivity index (χ4v) is 2.95. The van der Waals surface area contributed by atoms with E-state index in [9.17, 15) is 9.59 Å². The molecular weight excluding hydrogens is 270 g/mol. The van der Waals surface area contributed by atoms with Gasteiger partial charge in [-0.05, 0) is 11.4 Å². The van der Waals surface area contributed by atoms with Gasteiger partial charge in [-0.25, -0.2) is 4.98 Å². The number of carbonyl (C=O) groups is 2. The van der Waals surface area contributed by atoms with E-state index in [0.29, 0.717) is 5.69 Å². The van der Waals surface area contributed by atoms with Crippen LogP contribution in [0.5, 0.6) is 0 Å². The topological polar surface area (TPSA) is 85.1 Å². The molecule has 0 saturated heterocycles. The van der Waals surface area contributed by atoms with Gasteiger partial charge in [-0.2, -0.15) is 0 Å². The second-order valence-electron chi connectivity index (χ2n) is 3.54. The lowest BCUT2D eigenvalue weighted by Crippen LogP contribution is -2.34. The summed E-state index contributed by atoms with van der Waals surface area (Å²) in [5.41, 5.74) is 5.64. The van der Waals surface area contributed by atoms with Gasteiger partial charge in [0.2, 0.25) is 11.8 Å². The van der Waals surface area contributed by atoms with E-state index >= 15 is 0 Å². The van der Waals surface area contributed by atoms with Gasteiger partial charge in [0.1, 0.15) is 5.01 Å².